The molecule has 0 fully saturated rings. The van der Waals surface area contributed by atoms with Gasteiger partial charge in [-0.3, -0.25) is 0 Å². The van der Waals surface area contributed by atoms with E-state index in [-0.39, 0.29) is 12.4 Å². The third-order valence-corrected chi connectivity index (χ3v) is 3.62. The summed E-state index contributed by atoms with van der Waals surface area (Å²) in [5, 5.41) is 0.641. The van der Waals surface area contributed by atoms with Crippen molar-refractivity contribution in [3.8, 4) is 16.9 Å². The van der Waals surface area contributed by atoms with Crippen molar-refractivity contribution in [3.05, 3.63) is 53.1 Å². The van der Waals surface area contributed by atoms with E-state index < -0.39 is 0 Å². The lowest BCUT2D eigenvalue weighted by Gasteiger charge is -2.14. The van der Waals surface area contributed by atoms with E-state index in [9.17, 15) is 0 Å². The minimum Gasteiger partial charge on any atom is -0.495 e. The molecule has 0 aliphatic carbocycles. The molecule has 2 aromatic carbocycles. The van der Waals surface area contributed by atoms with Gasteiger partial charge in [-0.2, -0.15) is 0 Å². The second-order valence-electron chi connectivity index (χ2n) is 5.06. The van der Waals surface area contributed by atoms with Crippen molar-refractivity contribution in [2.45, 2.75) is 6.42 Å². The van der Waals surface area contributed by atoms with E-state index in [1.54, 1.807) is 7.11 Å². The Morgan fingerprint density at radius 1 is 1.10 bits per heavy atom. The molecule has 0 aromatic heterocycles. The van der Waals surface area contributed by atoms with Gasteiger partial charge < -0.3 is 9.64 Å². The molecule has 2 nitrogen and oxygen atoms in total. The number of hydrogen-bond acceptors (Lipinski definition) is 2. The lowest BCUT2D eigenvalue weighted by Crippen LogP contribution is -2.15. The summed E-state index contributed by atoms with van der Waals surface area (Å²) in [7, 11) is 5.82. The minimum atomic E-state index is 0. The van der Waals surface area contributed by atoms with Crippen molar-refractivity contribution >= 4 is 24.0 Å². The van der Waals surface area contributed by atoms with Crippen molar-refractivity contribution in [2.75, 3.05) is 27.7 Å². The molecule has 0 saturated heterocycles. The van der Waals surface area contributed by atoms with Crippen molar-refractivity contribution in [1.29, 1.82) is 0 Å². The maximum atomic E-state index is 6.09. The summed E-state index contributed by atoms with van der Waals surface area (Å²) in [6.07, 6.45) is 1.02. The van der Waals surface area contributed by atoms with Gasteiger partial charge in [-0.05, 0) is 49.3 Å². The monoisotopic (exact) mass is 325 g/mol. The zero-order valence-electron chi connectivity index (χ0n) is 12.6. The van der Waals surface area contributed by atoms with E-state index in [4.69, 9.17) is 16.3 Å². The lowest BCUT2D eigenvalue weighted by atomic mass is 9.97. The third kappa shape index (κ3) is 4.63. The Balaban J connectivity index is 0.00000220. The number of methoxy groups -OCH3 is 1. The van der Waals surface area contributed by atoms with Gasteiger partial charge in [0.05, 0.1) is 12.1 Å². The van der Waals surface area contributed by atoms with Crippen molar-refractivity contribution in [3.63, 3.8) is 0 Å². The second kappa shape index (κ2) is 8.28. The van der Waals surface area contributed by atoms with Crippen LogP contribution < -0.4 is 4.74 Å². The van der Waals surface area contributed by atoms with E-state index in [0.717, 1.165) is 18.5 Å². The first-order valence-corrected chi connectivity index (χ1v) is 7.06. The number of nitrogens with zero attached hydrogens (tertiary/aromatic N) is 1. The second-order valence-corrected chi connectivity index (χ2v) is 5.47. The van der Waals surface area contributed by atoms with E-state index in [2.05, 4.69) is 43.3 Å². The number of benzene rings is 2. The fourth-order valence-corrected chi connectivity index (χ4v) is 2.39. The van der Waals surface area contributed by atoms with Crippen LogP contribution in [0.3, 0.4) is 0 Å². The normalized spacial score (nSPS) is 10.3. The third-order valence-electron chi connectivity index (χ3n) is 3.31. The molecule has 0 saturated carbocycles. The van der Waals surface area contributed by atoms with Gasteiger partial charge >= 0.3 is 0 Å². The maximum absolute atomic E-state index is 6.09. The summed E-state index contributed by atoms with van der Waals surface area (Å²) >= 11 is 6.09. The summed E-state index contributed by atoms with van der Waals surface area (Å²) in [6, 6.07) is 14.4. The molecule has 0 N–H and O–H groups in total. The van der Waals surface area contributed by atoms with Crippen molar-refractivity contribution in [1.82, 2.24) is 4.90 Å². The van der Waals surface area contributed by atoms with Gasteiger partial charge in [0.2, 0.25) is 0 Å². The summed E-state index contributed by atoms with van der Waals surface area (Å²) in [6.45, 7) is 1.03. The van der Waals surface area contributed by atoms with Gasteiger partial charge in [0, 0.05) is 6.54 Å². The molecule has 0 aliphatic heterocycles. The predicted octanol–water partition coefficient (Wildman–Crippen LogP) is 4.54. The Morgan fingerprint density at radius 3 is 2.48 bits per heavy atom. The van der Waals surface area contributed by atoms with Crippen LogP contribution in [0.1, 0.15) is 5.56 Å². The molecule has 0 aliphatic rings. The van der Waals surface area contributed by atoms with E-state index in [1.165, 1.54) is 11.1 Å². The molecule has 0 spiro atoms. The van der Waals surface area contributed by atoms with Gasteiger partial charge in [-0.1, -0.05) is 41.9 Å². The summed E-state index contributed by atoms with van der Waals surface area (Å²) < 4.78 is 5.31. The highest BCUT2D eigenvalue weighted by Gasteiger charge is 2.08. The predicted molar refractivity (Wildman–Crippen MR) is 92.9 cm³/mol. The van der Waals surface area contributed by atoms with Crippen LogP contribution in [0, 0.1) is 0 Å². The maximum Gasteiger partial charge on any atom is 0.138 e. The molecule has 0 radical (unpaired) electrons. The highest BCUT2D eigenvalue weighted by atomic mass is 35.5. The summed E-state index contributed by atoms with van der Waals surface area (Å²) in [5.74, 6) is 0.714. The molecule has 0 bridgehead atoms. The molecular formula is C17H21Cl2NO. The Morgan fingerprint density at radius 2 is 1.81 bits per heavy atom. The topological polar surface area (TPSA) is 12.5 Å². The number of halogens is 2. The molecule has 21 heavy (non-hydrogen) atoms. The van der Waals surface area contributed by atoms with Crippen LogP contribution >= 0.6 is 24.0 Å². The quantitative estimate of drug-likeness (QED) is 0.800. The molecule has 2 aromatic rings. The standard InChI is InChI=1S/C17H20ClNO.ClH/c1-19(2)11-10-13-6-4-5-7-15(13)14-8-9-16(18)17(12-14)20-3;/h4-9,12H,10-11H2,1-3H3;1H. The van der Waals surface area contributed by atoms with E-state index >= 15 is 0 Å². The fraction of sp³-hybridized carbons (Fsp3) is 0.294. The van der Waals surface area contributed by atoms with Crippen LogP contribution in [0.15, 0.2) is 42.5 Å². The summed E-state index contributed by atoms with van der Waals surface area (Å²) in [4.78, 5) is 2.19. The zero-order valence-corrected chi connectivity index (χ0v) is 14.2. The first-order chi connectivity index (χ1) is 9.61. The van der Waals surface area contributed by atoms with Crippen LogP contribution in [-0.4, -0.2) is 32.6 Å². The first kappa shape index (κ1) is 17.8. The largest absolute Gasteiger partial charge is 0.495 e. The Labute approximate surface area is 138 Å². The van der Waals surface area contributed by atoms with E-state index in [1.807, 2.05) is 18.2 Å². The molecule has 2 rings (SSSR count). The van der Waals surface area contributed by atoms with E-state index in [0.29, 0.717) is 10.8 Å². The summed E-state index contributed by atoms with van der Waals surface area (Å²) in [5.41, 5.74) is 3.72. The average Bonchev–Trinajstić information content (AvgIpc) is 2.46. The minimum absolute atomic E-state index is 0. The van der Waals surface area contributed by atoms with Crippen LogP contribution in [0.4, 0.5) is 0 Å². The van der Waals surface area contributed by atoms with Crippen LogP contribution in [0.2, 0.25) is 5.02 Å². The van der Waals surface area contributed by atoms with Gasteiger partial charge in [-0.25, -0.2) is 0 Å². The van der Waals surface area contributed by atoms with Crippen LogP contribution in [0.5, 0.6) is 5.75 Å². The smallest absolute Gasteiger partial charge is 0.138 e. The van der Waals surface area contributed by atoms with Gasteiger partial charge in [0.25, 0.3) is 0 Å². The van der Waals surface area contributed by atoms with Gasteiger partial charge in [-0.15, -0.1) is 12.4 Å². The van der Waals surface area contributed by atoms with Crippen molar-refractivity contribution in [2.24, 2.45) is 0 Å². The number of ether oxygens (including phenoxy) is 1. The van der Waals surface area contributed by atoms with Crippen molar-refractivity contribution < 1.29 is 4.74 Å². The average molecular weight is 326 g/mol. The highest BCUT2D eigenvalue weighted by Crippen LogP contribution is 2.32. The Bertz CT molecular complexity index is 585. The van der Waals surface area contributed by atoms with Gasteiger partial charge in [0.1, 0.15) is 5.75 Å². The molecule has 0 heterocycles. The fourth-order valence-electron chi connectivity index (χ4n) is 2.19. The molecule has 0 unspecified atom stereocenters. The zero-order chi connectivity index (χ0) is 14.5. The number of hydrogen-bond donors (Lipinski definition) is 0. The first-order valence-electron chi connectivity index (χ1n) is 6.68. The number of rotatable bonds is 5. The highest BCUT2D eigenvalue weighted by molar-refractivity contribution is 6.32. The Kier molecular flexibility index (Phi) is 7.03. The van der Waals surface area contributed by atoms with Crippen LogP contribution in [-0.2, 0) is 6.42 Å². The number of likely N-dealkylation sites (N-methyl/N-ethyl adjacent to an activating group) is 1. The molecular weight excluding hydrogens is 305 g/mol. The molecule has 0 atom stereocenters. The molecule has 4 heteroatoms. The lowest BCUT2D eigenvalue weighted by molar-refractivity contribution is 0.413. The molecule has 0 amide bonds. The SMILES string of the molecule is COc1cc(-c2ccccc2CCN(C)C)ccc1Cl.Cl. The Hall–Kier alpha value is -1.22. The van der Waals surface area contributed by atoms with Crippen LogP contribution in [0.25, 0.3) is 11.1 Å². The molecule has 114 valence electrons. The van der Waals surface area contributed by atoms with Gasteiger partial charge in [0.15, 0.2) is 0 Å².